The van der Waals surface area contributed by atoms with Crippen molar-refractivity contribution in [3.05, 3.63) is 71.2 Å². The van der Waals surface area contributed by atoms with Crippen LogP contribution in [-0.4, -0.2) is 104 Å². The minimum absolute atomic E-state index is 0.0417. The van der Waals surface area contributed by atoms with Gasteiger partial charge in [-0.15, -0.1) is 0 Å². The first kappa shape index (κ1) is 29.6. The summed E-state index contributed by atoms with van der Waals surface area (Å²) in [6.45, 7) is 7.20. The summed E-state index contributed by atoms with van der Waals surface area (Å²) < 4.78 is 11.0. The predicted molar refractivity (Wildman–Crippen MR) is 164 cm³/mol. The molecule has 0 saturated carbocycles. The highest BCUT2D eigenvalue weighted by Crippen LogP contribution is 2.37. The number of hydrogen-bond donors (Lipinski definition) is 3. The number of ether oxygens (including phenoxy) is 2. The van der Waals surface area contributed by atoms with E-state index in [4.69, 9.17) is 14.5 Å². The van der Waals surface area contributed by atoms with Crippen LogP contribution in [0, 0.1) is 6.92 Å². The third-order valence-electron chi connectivity index (χ3n) is 7.66. The number of fused-ring (bicyclic) bond motifs is 1. The van der Waals surface area contributed by atoms with Crippen molar-refractivity contribution in [2.45, 2.75) is 19.4 Å². The quantitative estimate of drug-likeness (QED) is 0.280. The third kappa shape index (κ3) is 6.93. The van der Waals surface area contributed by atoms with Crippen LogP contribution in [-0.2, 0) is 16.0 Å². The summed E-state index contributed by atoms with van der Waals surface area (Å²) in [5.74, 6) is 1.00. The number of amides is 1. The Morgan fingerprint density at radius 1 is 1.10 bits per heavy atom. The number of nitrogens with zero attached hydrogens (tertiary/aromatic N) is 5. The van der Waals surface area contributed by atoms with Gasteiger partial charge in [0.1, 0.15) is 12.6 Å². The van der Waals surface area contributed by atoms with E-state index in [9.17, 15) is 4.79 Å². The fraction of sp³-hybridized carbons (Fsp3) is 0.419. The second-order valence-electron chi connectivity index (χ2n) is 10.6. The van der Waals surface area contributed by atoms with Crippen LogP contribution in [0.4, 0.5) is 17.3 Å². The third-order valence-corrected chi connectivity index (χ3v) is 7.66. The van der Waals surface area contributed by atoms with Crippen molar-refractivity contribution in [2.24, 2.45) is 0 Å². The lowest BCUT2D eigenvalue weighted by Gasteiger charge is -2.36. The lowest BCUT2D eigenvalue weighted by Crippen LogP contribution is -2.54. The van der Waals surface area contributed by atoms with E-state index in [1.165, 1.54) is 0 Å². The van der Waals surface area contributed by atoms with Gasteiger partial charge in [-0.05, 0) is 56.3 Å². The molecule has 2 aliphatic rings. The van der Waals surface area contributed by atoms with Crippen molar-refractivity contribution in [2.75, 3.05) is 77.8 Å². The molecule has 0 bridgehead atoms. The summed E-state index contributed by atoms with van der Waals surface area (Å²) in [6, 6.07) is 9.41. The smallest absolute Gasteiger partial charge is 0.244 e. The Bertz CT molecular complexity index is 1400. The van der Waals surface area contributed by atoms with Crippen molar-refractivity contribution in [1.82, 2.24) is 30.1 Å². The fourth-order valence-corrected chi connectivity index (χ4v) is 5.27. The van der Waals surface area contributed by atoms with Gasteiger partial charge in [-0.1, -0.05) is 18.2 Å². The molecule has 0 radical (unpaired) electrons. The van der Waals surface area contributed by atoms with Gasteiger partial charge in [-0.2, -0.15) is 0 Å². The predicted octanol–water partition coefficient (Wildman–Crippen LogP) is 2.71. The molecule has 1 saturated heterocycles. The molecule has 11 nitrogen and oxygen atoms in total. The van der Waals surface area contributed by atoms with Gasteiger partial charge in [-0.25, -0.2) is 15.0 Å². The van der Waals surface area contributed by atoms with Crippen LogP contribution in [0.2, 0.25) is 0 Å². The fourth-order valence-electron chi connectivity index (χ4n) is 5.27. The second-order valence-corrected chi connectivity index (χ2v) is 10.6. The van der Waals surface area contributed by atoms with E-state index in [0.29, 0.717) is 31.5 Å². The van der Waals surface area contributed by atoms with E-state index in [1.807, 2.05) is 44.4 Å². The van der Waals surface area contributed by atoms with Gasteiger partial charge >= 0.3 is 0 Å². The molecule has 1 aromatic carbocycles. The van der Waals surface area contributed by atoms with Crippen molar-refractivity contribution in [3.8, 4) is 5.88 Å². The maximum Gasteiger partial charge on any atom is 0.244 e. The zero-order valence-electron chi connectivity index (χ0n) is 24.8. The summed E-state index contributed by atoms with van der Waals surface area (Å²) in [4.78, 5) is 31.7. The Labute approximate surface area is 247 Å². The number of methoxy groups -OCH3 is 1. The van der Waals surface area contributed by atoms with Crippen LogP contribution in [0.3, 0.4) is 0 Å². The number of rotatable bonds is 12. The number of aryl methyl sites for hydroxylation is 1. The van der Waals surface area contributed by atoms with Gasteiger partial charge in [0.05, 0.1) is 24.2 Å². The Morgan fingerprint density at radius 3 is 2.67 bits per heavy atom. The van der Waals surface area contributed by atoms with Crippen LogP contribution in [0.25, 0.3) is 5.57 Å². The zero-order valence-corrected chi connectivity index (χ0v) is 24.8. The largest absolute Gasteiger partial charge is 0.476 e. The maximum atomic E-state index is 13.5. The molecule has 1 atom stereocenters. The van der Waals surface area contributed by atoms with E-state index >= 15 is 0 Å². The maximum absolute atomic E-state index is 13.5. The molecule has 11 heteroatoms. The molecule has 1 aliphatic heterocycles. The topological polar surface area (TPSA) is 117 Å². The molecular formula is C31H40N8O3. The molecule has 1 aliphatic carbocycles. The van der Waals surface area contributed by atoms with Gasteiger partial charge in [0, 0.05) is 63.4 Å². The van der Waals surface area contributed by atoms with Crippen LogP contribution in [0.15, 0.2) is 48.8 Å². The highest BCUT2D eigenvalue weighted by atomic mass is 16.5. The summed E-state index contributed by atoms with van der Waals surface area (Å²) in [6.07, 6.45) is 6.40. The van der Waals surface area contributed by atoms with Gasteiger partial charge in [0.15, 0.2) is 0 Å². The van der Waals surface area contributed by atoms with E-state index < -0.39 is 0 Å². The SMILES string of the molecule is CNCCOc1ccc(Nc2ncc(C)c(C3=CCc4c(NC(=O)[C@@H](COC)N5CCN(C)CC5)cccc43)n2)cn1. The lowest BCUT2D eigenvalue weighted by molar-refractivity contribution is -0.124. The number of carbonyl (C=O) groups is 1. The summed E-state index contributed by atoms with van der Waals surface area (Å²) in [5.41, 5.74) is 6.59. The molecule has 222 valence electrons. The van der Waals surface area contributed by atoms with Crippen LogP contribution in [0.5, 0.6) is 5.88 Å². The normalized spacial score (nSPS) is 16.0. The van der Waals surface area contributed by atoms with Gasteiger partial charge in [0.2, 0.25) is 17.7 Å². The second kappa shape index (κ2) is 13.8. The summed E-state index contributed by atoms with van der Waals surface area (Å²) in [5, 5.41) is 9.51. The number of likely N-dealkylation sites (N-methyl/N-ethyl adjacent to an activating group) is 2. The van der Waals surface area contributed by atoms with E-state index in [1.54, 1.807) is 13.3 Å². The standard InChI is InChI=1S/C31H40N8O3/c1-21-18-34-31(35-22-8-11-28(33-19-22)42-17-12-32-2)37-29(21)25-10-9-24-23(25)6-5-7-26(24)36-30(40)27(20-41-4)39-15-13-38(3)14-16-39/h5-8,10-11,18-19,27,32H,9,12-17,20H2,1-4H3,(H,36,40)(H,34,35,37)/t27-/m1/s1. The van der Waals surface area contributed by atoms with Crippen molar-refractivity contribution in [1.29, 1.82) is 0 Å². The first-order valence-corrected chi connectivity index (χ1v) is 14.4. The molecule has 0 unspecified atom stereocenters. The van der Waals surface area contributed by atoms with Crippen LogP contribution >= 0.6 is 0 Å². The number of benzene rings is 1. The number of allylic oxidation sites excluding steroid dienone is 1. The van der Waals surface area contributed by atoms with Crippen molar-refractivity contribution >= 4 is 28.8 Å². The average molecular weight is 573 g/mol. The average Bonchev–Trinajstić information content (AvgIpc) is 3.43. The van der Waals surface area contributed by atoms with Gasteiger partial charge in [0.25, 0.3) is 0 Å². The molecule has 5 rings (SSSR count). The Balaban J connectivity index is 1.31. The number of hydrogen-bond acceptors (Lipinski definition) is 10. The number of pyridine rings is 1. The molecular weight excluding hydrogens is 532 g/mol. The van der Waals surface area contributed by atoms with Crippen molar-refractivity contribution in [3.63, 3.8) is 0 Å². The molecule has 3 N–H and O–H groups in total. The van der Waals surface area contributed by atoms with E-state index in [0.717, 1.165) is 72.1 Å². The highest BCUT2D eigenvalue weighted by molar-refractivity contribution is 5.97. The summed E-state index contributed by atoms with van der Waals surface area (Å²) >= 11 is 0. The van der Waals surface area contributed by atoms with E-state index in [2.05, 4.69) is 54.9 Å². The summed E-state index contributed by atoms with van der Waals surface area (Å²) in [7, 11) is 5.63. The zero-order chi connectivity index (χ0) is 29.5. The Kier molecular flexibility index (Phi) is 9.75. The highest BCUT2D eigenvalue weighted by Gasteiger charge is 2.30. The minimum atomic E-state index is -0.338. The Hall–Kier alpha value is -3.90. The number of anilines is 3. The molecule has 3 heterocycles. The first-order chi connectivity index (χ1) is 20.5. The molecule has 3 aromatic rings. The van der Waals surface area contributed by atoms with Gasteiger partial charge < -0.3 is 30.3 Å². The number of aromatic nitrogens is 3. The monoisotopic (exact) mass is 572 g/mol. The van der Waals surface area contributed by atoms with Crippen molar-refractivity contribution < 1.29 is 14.3 Å². The lowest BCUT2D eigenvalue weighted by atomic mass is 9.99. The number of carbonyl (C=O) groups excluding carboxylic acids is 1. The van der Waals surface area contributed by atoms with E-state index in [-0.39, 0.29) is 11.9 Å². The molecule has 2 aromatic heterocycles. The number of piperazine rings is 1. The van der Waals surface area contributed by atoms with Crippen LogP contribution < -0.4 is 20.7 Å². The molecule has 42 heavy (non-hydrogen) atoms. The van der Waals surface area contributed by atoms with Crippen LogP contribution in [0.1, 0.15) is 22.4 Å². The minimum Gasteiger partial charge on any atom is -0.476 e. The molecule has 1 fully saturated rings. The number of nitrogens with one attached hydrogen (secondary N) is 3. The Morgan fingerprint density at radius 2 is 1.93 bits per heavy atom. The van der Waals surface area contributed by atoms with Gasteiger partial charge in [-0.3, -0.25) is 9.69 Å². The first-order valence-electron chi connectivity index (χ1n) is 14.4. The molecule has 0 spiro atoms. The molecule has 1 amide bonds.